The molecular formula is C23H24N2O4. The SMILES string of the molecule is O=C(Nc1ccc2c(c1)N(C(=O)C1CCCC1)CC2)C1COc2ccccc2O1. The number of fused-ring (bicyclic) bond motifs is 2. The van der Waals surface area contributed by atoms with Crippen molar-refractivity contribution in [1.82, 2.24) is 0 Å². The molecule has 2 heterocycles. The van der Waals surface area contributed by atoms with Gasteiger partial charge in [-0.05, 0) is 49.1 Å². The molecule has 2 amide bonds. The third-order valence-corrected chi connectivity index (χ3v) is 6.02. The zero-order valence-corrected chi connectivity index (χ0v) is 16.2. The molecule has 1 aliphatic carbocycles. The van der Waals surface area contributed by atoms with Gasteiger partial charge in [0.1, 0.15) is 6.61 Å². The summed E-state index contributed by atoms with van der Waals surface area (Å²) in [7, 11) is 0. The first-order valence-corrected chi connectivity index (χ1v) is 10.3. The van der Waals surface area contributed by atoms with Crippen LogP contribution in [0.2, 0.25) is 0 Å². The lowest BCUT2D eigenvalue weighted by Crippen LogP contribution is -2.40. The van der Waals surface area contributed by atoms with E-state index in [-0.39, 0.29) is 24.3 Å². The number of para-hydroxylation sites is 2. The third kappa shape index (κ3) is 3.43. The summed E-state index contributed by atoms with van der Waals surface area (Å²) >= 11 is 0. The van der Waals surface area contributed by atoms with Crippen LogP contribution in [-0.4, -0.2) is 31.1 Å². The van der Waals surface area contributed by atoms with E-state index in [9.17, 15) is 9.59 Å². The first-order chi connectivity index (χ1) is 14.2. The highest BCUT2D eigenvalue weighted by atomic mass is 16.6. The zero-order chi connectivity index (χ0) is 19.8. The molecule has 29 heavy (non-hydrogen) atoms. The summed E-state index contributed by atoms with van der Waals surface area (Å²) in [5.74, 6) is 1.33. The van der Waals surface area contributed by atoms with Crippen LogP contribution in [0.3, 0.4) is 0 Å². The fourth-order valence-electron chi connectivity index (χ4n) is 4.45. The van der Waals surface area contributed by atoms with E-state index in [0.717, 1.165) is 49.9 Å². The summed E-state index contributed by atoms with van der Waals surface area (Å²) < 4.78 is 11.4. The number of carbonyl (C=O) groups is 2. The Hall–Kier alpha value is -3.02. The lowest BCUT2D eigenvalue weighted by atomic mass is 10.1. The standard InChI is InChI=1S/C23H24N2O4/c26-22(21-14-28-19-7-3-4-8-20(19)29-21)24-17-10-9-15-11-12-25(18(15)13-17)23(27)16-5-1-2-6-16/h3-4,7-10,13,16,21H,1-2,5-6,11-12,14H2,(H,24,26). The molecule has 0 radical (unpaired) electrons. The Morgan fingerprint density at radius 2 is 1.83 bits per heavy atom. The maximum Gasteiger partial charge on any atom is 0.269 e. The van der Waals surface area contributed by atoms with Crippen molar-refractivity contribution in [1.29, 1.82) is 0 Å². The van der Waals surface area contributed by atoms with E-state index in [1.54, 1.807) is 6.07 Å². The van der Waals surface area contributed by atoms with Crippen LogP contribution in [0.15, 0.2) is 42.5 Å². The van der Waals surface area contributed by atoms with E-state index in [1.807, 2.05) is 41.3 Å². The summed E-state index contributed by atoms with van der Waals surface area (Å²) in [5, 5.41) is 2.92. The zero-order valence-electron chi connectivity index (χ0n) is 16.2. The number of ether oxygens (including phenoxy) is 2. The maximum atomic E-state index is 12.9. The summed E-state index contributed by atoms with van der Waals surface area (Å²) in [6, 6.07) is 13.1. The number of amides is 2. The second kappa shape index (κ2) is 7.43. The molecule has 6 nitrogen and oxygen atoms in total. The number of nitrogens with zero attached hydrogens (tertiary/aromatic N) is 1. The molecule has 0 bridgehead atoms. The van der Waals surface area contributed by atoms with Gasteiger partial charge in [-0.15, -0.1) is 0 Å². The Kier molecular flexibility index (Phi) is 4.62. The molecule has 2 aromatic carbocycles. The highest BCUT2D eigenvalue weighted by Crippen LogP contribution is 2.35. The minimum absolute atomic E-state index is 0.145. The van der Waals surface area contributed by atoms with Crippen LogP contribution >= 0.6 is 0 Å². The van der Waals surface area contributed by atoms with Crippen LogP contribution < -0.4 is 19.7 Å². The minimum atomic E-state index is -0.714. The normalized spacial score (nSPS) is 20.4. The van der Waals surface area contributed by atoms with Gasteiger partial charge < -0.3 is 19.7 Å². The lowest BCUT2D eigenvalue weighted by molar-refractivity contribution is -0.125. The Balaban J connectivity index is 1.30. The number of carbonyl (C=O) groups excluding carboxylic acids is 2. The molecule has 1 unspecified atom stereocenters. The number of hydrogen-bond donors (Lipinski definition) is 1. The molecule has 1 N–H and O–H groups in total. The molecule has 5 rings (SSSR count). The second-order valence-corrected chi connectivity index (χ2v) is 7.92. The molecule has 0 spiro atoms. The van der Waals surface area contributed by atoms with Gasteiger partial charge in [0.05, 0.1) is 0 Å². The Morgan fingerprint density at radius 3 is 2.66 bits per heavy atom. The van der Waals surface area contributed by atoms with E-state index in [0.29, 0.717) is 17.2 Å². The average molecular weight is 392 g/mol. The first kappa shape index (κ1) is 18.0. The highest BCUT2D eigenvalue weighted by Gasteiger charge is 2.32. The summed E-state index contributed by atoms with van der Waals surface area (Å²) in [6.45, 7) is 0.887. The number of rotatable bonds is 3. The average Bonchev–Trinajstić information content (AvgIpc) is 3.43. The molecule has 1 fully saturated rings. The van der Waals surface area contributed by atoms with Crippen molar-refractivity contribution in [3.63, 3.8) is 0 Å². The molecule has 1 atom stereocenters. The summed E-state index contributed by atoms with van der Waals surface area (Å²) in [6.07, 6.45) is 4.40. The monoisotopic (exact) mass is 392 g/mol. The fraction of sp³-hybridized carbons (Fsp3) is 0.391. The molecule has 0 aromatic heterocycles. The Morgan fingerprint density at radius 1 is 1.03 bits per heavy atom. The van der Waals surface area contributed by atoms with Gasteiger partial charge in [0.2, 0.25) is 12.0 Å². The summed E-state index contributed by atoms with van der Waals surface area (Å²) in [4.78, 5) is 27.5. The molecule has 2 aliphatic heterocycles. The van der Waals surface area contributed by atoms with Crippen LogP contribution in [0.1, 0.15) is 31.2 Å². The van der Waals surface area contributed by atoms with Crippen molar-refractivity contribution in [3.8, 4) is 11.5 Å². The molecule has 2 aromatic rings. The van der Waals surface area contributed by atoms with Crippen LogP contribution in [-0.2, 0) is 16.0 Å². The smallest absolute Gasteiger partial charge is 0.269 e. The van der Waals surface area contributed by atoms with Crippen LogP contribution in [0.4, 0.5) is 11.4 Å². The van der Waals surface area contributed by atoms with Gasteiger partial charge in [0.15, 0.2) is 11.5 Å². The first-order valence-electron chi connectivity index (χ1n) is 10.3. The van der Waals surface area contributed by atoms with Gasteiger partial charge in [-0.3, -0.25) is 9.59 Å². The molecule has 6 heteroatoms. The number of nitrogens with one attached hydrogen (secondary N) is 1. The van der Waals surface area contributed by atoms with Crippen molar-refractivity contribution in [2.45, 2.75) is 38.2 Å². The van der Waals surface area contributed by atoms with Crippen molar-refractivity contribution in [2.24, 2.45) is 5.92 Å². The number of hydrogen-bond acceptors (Lipinski definition) is 4. The molecule has 3 aliphatic rings. The fourth-order valence-corrected chi connectivity index (χ4v) is 4.45. The Bertz CT molecular complexity index is 952. The Labute approximate surface area is 169 Å². The van der Waals surface area contributed by atoms with E-state index in [4.69, 9.17) is 9.47 Å². The van der Waals surface area contributed by atoms with E-state index < -0.39 is 6.10 Å². The van der Waals surface area contributed by atoms with Crippen LogP contribution in [0, 0.1) is 5.92 Å². The van der Waals surface area contributed by atoms with Gasteiger partial charge >= 0.3 is 0 Å². The molecule has 1 saturated carbocycles. The maximum absolute atomic E-state index is 12.9. The van der Waals surface area contributed by atoms with Gasteiger partial charge in [-0.1, -0.05) is 31.0 Å². The van der Waals surface area contributed by atoms with Gasteiger partial charge in [-0.25, -0.2) is 0 Å². The third-order valence-electron chi connectivity index (χ3n) is 6.02. The molecular weight excluding hydrogens is 368 g/mol. The topological polar surface area (TPSA) is 67.9 Å². The summed E-state index contributed by atoms with van der Waals surface area (Å²) in [5.41, 5.74) is 2.74. The van der Waals surface area contributed by atoms with Crippen molar-refractivity contribution < 1.29 is 19.1 Å². The lowest BCUT2D eigenvalue weighted by Gasteiger charge is -2.26. The second-order valence-electron chi connectivity index (χ2n) is 7.92. The van der Waals surface area contributed by atoms with Crippen LogP contribution in [0.5, 0.6) is 11.5 Å². The predicted octanol–water partition coefficient (Wildman–Crippen LogP) is 3.54. The van der Waals surface area contributed by atoms with Crippen molar-refractivity contribution in [3.05, 3.63) is 48.0 Å². The van der Waals surface area contributed by atoms with E-state index in [2.05, 4.69) is 5.32 Å². The number of anilines is 2. The van der Waals surface area contributed by atoms with Crippen LogP contribution in [0.25, 0.3) is 0 Å². The largest absolute Gasteiger partial charge is 0.485 e. The minimum Gasteiger partial charge on any atom is -0.485 e. The molecule has 150 valence electrons. The quantitative estimate of drug-likeness (QED) is 0.868. The van der Waals surface area contributed by atoms with Gasteiger partial charge in [-0.2, -0.15) is 0 Å². The highest BCUT2D eigenvalue weighted by molar-refractivity contribution is 5.99. The molecule has 0 saturated heterocycles. The van der Waals surface area contributed by atoms with Crippen molar-refractivity contribution >= 4 is 23.2 Å². The predicted molar refractivity (Wildman–Crippen MR) is 109 cm³/mol. The van der Waals surface area contributed by atoms with E-state index in [1.165, 1.54) is 0 Å². The van der Waals surface area contributed by atoms with E-state index >= 15 is 0 Å². The number of benzene rings is 2. The van der Waals surface area contributed by atoms with Crippen molar-refractivity contribution in [2.75, 3.05) is 23.4 Å². The van der Waals surface area contributed by atoms with Gasteiger partial charge in [0, 0.05) is 23.8 Å². The van der Waals surface area contributed by atoms with Gasteiger partial charge in [0.25, 0.3) is 5.91 Å².